The Hall–Kier alpha value is -2.61. The van der Waals surface area contributed by atoms with E-state index >= 15 is 0 Å². The summed E-state index contributed by atoms with van der Waals surface area (Å²) in [6.45, 7) is 6.76. The van der Waals surface area contributed by atoms with Crippen LogP contribution < -0.4 is 10.6 Å². The first-order valence-electron chi connectivity index (χ1n) is 8.62. The van der Waals surface area contributed by atoms with E-state index in [-0.39, 0.29) is 13.2 Å². The van der Waals surface area contributed by atoms with Gasteiger partial charge in [0.15, 0.2) is 0 Å². The molecule has 8 heteroatoms. The van der Waals surface area contributed by atoms with E-state index in [1.54, 1.807) is 27.7 Å². The lowest BCUT2D eigenvalue weighted by Crippen LogP contribution is -2.54. The summed E-state index contributed by atoms with van der Waals surface area (Å²) in [6, 6.07) is 8.38. The zero-order valence-electron chi connectivity index (χ0n) is 16.4. The van der Waals surface area contributed by atoms with Crippen molar-refractivity contribution in [2.24, 2.45) is 0 Å². The van der Waals surface area contributed by atoms with Crippen LogP contribution in [-0.4, -0.2) is 49.4 Å². The van der Waals surface area contributed by atoms with Crippen molar-refractivity contribution in [3.8, 4) is 0 Å². The first kappa shape index (κ1) is 22.4. The normalized spacial score (nSPS) is 13.2. The predicted octanol–water partition coefficient (Wildman–Crippen LogP) is 1.77. The molecule has 2 amide bonds. The Morgan fingerprint density at radius 2 is 1.74 bits per heavy atom. The summed E-state index contributed by atoms with van der Waals surface area (Å²) in [7, 11) is 1.22. The molecular weight excluding hydrogens is 352 g/mol. The molecule has 0 saturated carbocycles. The number of ether oxygens (including phenoxy) is 3. The number of alkyl carbamates (subject to hydrolysis) is 1. The summed E-state index contributed by atoms with van der Waals surface area (Å²) in [5.74, 6) is -1.18. The maximum Gasteiger partial charge on any atom is 0.408 e. The minimum absolute atomic E-state index is 0.263. The lowest BCUT2D eigenvalue weighted by Gasteiger charge is -2.26. The average Bonchev–Trinajstić information content (AvgIpc) is 2.61. The summed E-state index contributed by atoms with van der Waals surface area (Å²) in [5.41, 5.74) is 0.209. The maximum absolute atomic E-state index is 12.4. The Morgan fingerprint density at radius 3 is 2.30 bits per heavy atom. The molecule has 0 aromatic heterocycles. The lowest BCUT2D eigenvalue weighted by atomic mass is 10.1. The SMILES string of the molecule is COC(=O)CNC(=O)[C@@H](NC(=O)OC(C)(C)C)[C@H](C)OCc1ccccc1. The molecule has 0 aliphatic rings. The van der Waals surface area contributed by atoms with Gasteiger partial charge in [0.25, 0.3) is 0 Å². The van der Waals surface area contributed by atoms with Gasteiger partial charge in [0.2, 0.25) is 5.91 Å². The minimum atomic E-state index is -1.05. The van der Waals surface area contributed by atoms with E-state index in [2.05, 4.69) is 15.4 Å². The molecule has 8 nitrogen and oxygen atoms in total. The molecule has 1 aromatic rings. The van der Waals surface area contributed by atoms with E-state index < -0.39 is 35.7 Å². The Balaban J connectivity index is 2.76. The topological polar surface area (TPSA) is 103 Å². The predicted molar refractivity (Wildman–Crippen MR) is 98.9 cm³/mol. The van der Waals surface area contributed by atoms with Crippen molar-refractivity contribution < 1.29 is 28.6 Å². The van der Waals surface area contributed by atoms with Crippen LogP contribution >= 0.6 is 0 Å². The fourth-order valence-corrected chi connectivity index (χ4v) is 2.07. The van der Waals surface area contributed by atoms with Gasteiger partial charge in [-0.3, -0.25) is 9.59 Å². The van der Waals surface area contributed by atoms with E-state index in [1.165, 1.54) is 7.11 Å². The second-order valence-corrected chi connectivity index (χ2v) is 6.92. The number of benzene rings is 1. The number of rotatable bonds is 8. The van der Waals surface area contributed by atoms with Crippen molar-refractivity contribution in [3.63, 3.8) is 0 Å². The van der Waals surface area contributed by atoms with E-state index in [1.807, 2.05) is 30.3 Å². The van der Waals surface area contributed by atoms with Crippen molar-refractivity contribution in [2.45, 2.75) is 52.0 Å². The summed E-state index contributed by atoms with van der Waals surface area (Å²) < 4.78 is 15.4. The minimum Gasteiger partial charge on any atom is -0.468 e. The van der Waals surface area contributed by atoms with Crippen LogP contribution in [0.15, 0.2) is 30.3 Å². The molecule has 1 aromatic carbocycles. The number of carbonyl (C=O) groups is 3. The van der Waals surface area contributed by atoms with Crippen LogP contribution in [-0.2, 0) is 30.4 Å². The molecule has 0 radical (unpaired) electrons. The van der Waals surface area contributed by atoms with Gasteiger partial charge in [-0.1, -0.05) is 30.3 Å². The lowest BCUT2D eigenvalue weighted by molar-refractivity contribution is -0.141. The number of methoxy groups -OCH3 is 1. The largest absolute Gasteiger partial charge is 0.468 e. The Labute approximate surface area is 159 Å². The second-order valence-electron chi connectivity index (χ2n) is 6.92. The van der Waals surface area contributed by atoms with Crippen molar-refractivity contribution in [3.05, 3.63) is 35.9 Å². The summed E-state index contributed by atoms with van der Waals surface area (Å²) in [6.07, 6.45) is -1.42. The molecule has 1 rings (SSSR count). The molecule has 0 spiro atoms. The number of esters is 1. The highest BCUT2D eigenvalue weighted by Crippen LogP contribution is 2.10. The molecule has 2 atom stereocenters. The molecule has 0 saturated heterocycles. The molecular formula is C19H28N2O6. The zero-order valence-corrected chi connectivity index (χ0v) is 16.4. The number of carbonyl (C=O) groups excluding carboxylic acids is 3. The van der Waals surface area contributed by atoms with Crippen LogP contribution in [0.5, 0.6) is 0 Å². The average molecular weight is 380 g/mol. The summed E-state index contributed by atoms with van der Waals surface area (Å²) >= 11 is 0. The fourth-order valence-electron chi connectivity index (χ4n) is 2.07. The van der Waals surface area contributed by atoms with Crippen LogP contribution in [0.4, 0.5) is 4.79 Å². The van der Waals surface area contributed by atoms with E-state index in [0.29, 0.717) is 0 Å². The number of amides is 2. The van der Waals surface area contributed by atoms with Gasteiger partial charge < -0.3 is 24.8 Å². The van der Waals surface area contributed by atoms with Gasteiger partial charge >= 0.3 is 12.1 Å². The Kier molecular flexibility index (Phi) is 8.74. The molecule has 2 N–H and O–H groups in total. The third-order valence-corrected chi connectivity index (χ3v) is 3.41. The van der Waals surface area contributed by atoms with Crippen molar-refractivity contribution in [1.82, 2.24) is 10.6 Å². The molecule has 0 bridgehead atoms. The van der Waals surface area contributed by atoms with E-state index in [0.717, 1.165) is 5.56 Å². The first-order chi connectivity index (χ1) is 12.6. The second kappa shape index (κ2) is 10.5. The number of nitrogens with one attached hydrogen (secondary N) is 2. The molecule has 0 fully saturated rings. The zero-order chi connectivity index (χ0) is 20.4. The monoisotopic (exact) mass is 380 g/mol. The quantitative estimate of drug-likeness (QED) is 0.667. The standard InChI is InChI=1S/C19H28N2O6/c1-13(26-12-14-9-7-6-8-10-14)16(17(23)20-11-15(22)25-5)21-18(24)27-19(2,3)4/h6-10,13,16H,11-12H2,1-5H3,(H,20,23)(H,21,24)/t13-,16-/m0/s1. The van der Waals surface area contributed by atoms with E-state index in [9.17, 15) is 14.4 Å². The summed E-state index contributed by atoms with van der Waals surface area (Å²) in [4.78, 5) is 35.8. The van der Waals surface area contributed by atoms with Crippen LogP contribution in [0, 0.1) is 0 Å². The highest BCUT2D eigenvalue weighted by molar-refractivity contribution is 5.88. The molecule has 0 aliphatic carbocycles. The van der Waals surface area contributed by atoms with Gasteiger partial charge in [0.05, 0.1) is 19.8 Å². The molecule has 150 valence electrons. The highest BCUT2D eigenvalue weighted by atomic mass is 16.6. The first-order valence-corrected chi connectivity index (χ1v) is 8.62. The van der Waals surface area contributed by atoms with Gasteiger partial charge in [-0.2, -0.15) is 0 Å². The smallest absolute Gasteiger partial charge is 0.408 e. The number of hydrogen-bond donors (Lipinski definition) is 2. The number of hydrogen-bond acceptors (Lipinski definition) is 6. The third kappa shape index (κ3) is 9.05. The van der Waals surface area contributed by atoms with Gasteiger partial charge in [-0.15, -0.1) is 0 Å². The molecule has 0 aliphatic heterocycles. The Bertz CT molecular complexity index is 627. The van der Waals surface area contributed by atoms with E-state index in [4.69, 9.17) is 9.47 Å². The van der Waals surface area contributed by atoms with Crippen LogP contribution in [0.2, 0.25) is 0 Å². The van der Waals surface area contributed by atoms with Gasteiger partial charge in [0.1, 0.15) is 18.2 Å². The highest BCUT2D eigenvalue weighted by Gasteiger charge is 2.30. The van der Waals surface area contributed by atoms with Gasteiger partial charge in [-0.05, 0) is 33.3 Å². The third-order valence-electron chi connectivity index (χ3n) is 3.41. The summed E-state index contributed by atoms with van der Waals surface area (Å²) in [5, 5.41) is 4.92. The van der Waals surface area contributed by atoms with Gasteiger partial charge in [0, 0.05) is 0 Å². The van der Waals surface area contributed by atoms with Crippen LogP contribution in [0.25, 0.3) is 0 Å². The Morgan fingerprint density at radius 1 is 1.11 bits per heavy atom. The van der Waals surface area contributed by atoms with Gasteiger partial charge in [-0.25, -0.2) is 4.79 Å². The van der Waals surface area contributed by atoms with Crippen molar-refractivity contribution >= 4 is 18.0 Å². The molecule has 0 unspecified atom stereocenters. The molecule has 27 heavy (non-hydrogen) atoms. The van der Waals surface area contributed by atoms with Crippen LogP contribution in [0.1, 0.15) is 33.3 Å². The molecule has 0 heterocycles. The van der Waals surface area contributed by atoms with Crippen molar-refractivity contribution in [1.29, 1.82) is 0 Å². The fraction of sp³-hybridized carbons (Fsp3) is 0.526. The van der Waals surface area contributed by atoms with Crippen LogP contribution in [0.3, 0.4) is 0 Å². The maximum atomic E-state index is 12.4. The van der Waals surface area contributed by atoms with Crippen molar-refractivity contribution in [2.75, 3.05) is 13.7 Å².